The molecule has 0 spiro atoms. The third-order valence-corrected chi connectivity index (χ3v) is 2.31. The highest BCUT2D eigenvalue weighted by Gasteiger charge is 1.92. The average molecular weight is 226 g/mol. The van der Waals surface area contributed by atoms with Gasteiger partial charge in [0.1, 0.15) is 0 Å². The highest BCUT2D eigenvalue weighted by Crippen LogP contribution is 2.00. The van der Waals surface area contributed by atoms with Gasteiger partial charge in [0.25, 0.3) is 0 Å². The van der Waals surface area contributed by atoms with E-state index in [0.717, 1.165) is 6.54 Å². The lowest BCUT2D eigenvalue weighted by atomic mass is 10.2. The van der Waals surface area contributed by atoms with Gasteiger partial charge in [-0.3, -0.25) is 0 Å². The zero-order valence-electron chi connectivity index (χ0n) is 9.44. The Bertz CT molecular complexity index is 269. The van der Waals surface area contributed by atoms with Gasteiger partial charge < -0.3 is 5.32 Å². The van der Waals surface area contributed by atoms with Gasteiger partial charge in [0, 0.05) is 12.6 Å². The van der Waals surface area contributed by atoms with E-state index in [2.05, 4.69) is 55.6 Å². The van der Waals surface area contributed by atoms with E-state index in [0.29, 0.717) is 6.04 Å². The second-order valence-corrected chi connectivity index (χ2v) is 3.53. The molecule has 0 amide bonds. The van der Waals surface area contributed by atoms with E-state index in [1.165, 1.54) is 12.0 Å². The van der Waals surface area contributed by atoms with Crippen LogP contribution in [0.1, 0.15) is 25.8 Å². The normalized spacial score (nSPS) is 12.4. The molecule has 0 fully saturated rings. The largest absolute Gasteiger partial charge is 0.311 e. The summed E-state index contributed by atoms with van der Waals surface area (Å²) in [6.07, 6.45) is 5.50. The molecule has 1 atom stereocenters. The zero-order chi connectivity index (χ0) is 10.2. The van der Waals surface area contributed by atoms with Crippen molar-refractivity contribution in [2.75, 3.05) is 6.54 Å². The Hall–Kier alpha value is -0.790. The molecule has 0 aliphatic carbocycles. The molecular formula is C13H20ClN. The molecule has 15 heavy (non-hydrogen) atoms. The fourth-order valence-corrected chi connectivity index (χ4v) is 1.17. The third kappa shape index (κ3) is 6.32. The number of hydrogen-bond donors (Lipinski definition) is 1. The molecular weight excluding hydrogens is 206 g/mol. The van der Waals surface area contributed by atoms with E-state index < -0.39 is 0 Å². The van der Waals surface area contributed by atoms with Gasteiger partial charge in [-0.15, -0.1) is 12.4 Å². The predicted molar refractivity (Wildman–Crippen MR) is 70.5 cm³/mol. The van der Waals surface area contributed by atoms with Crippen LogP contribution in [0.2, 0.25) is 0 Å². The first kappa shape index (κ1) is 14.2. The molecule has 0 radical (unpaired) electrons. The molecule has 0 aliphatic heterocycles. The van der Waals surface area contributed by atoms with E-state index in [9.17, 15) is 0 Å². The molecule has 84 valence electrons. The molecule has 1 unspecified atom stereocenters. The van der Waals surface area contributed by atoms with Crippen LogP contribution >= 0.6 is 12.4 Å². The van der Waals surface area contributed by atoms with Gasteiger partial charge in [0.2, 0.25) is 0 Å². The van der Waals surface area contributed by atoms with E-state index >= 15 is 0 Å². The van der Waals surface area contributed by atoms with Gasteiger partial charge in [0.15, 0.2) is 0 Å². The van der Waals surface area contributed by atoms with Gasteiger partial charge >= 0.3 is 0 Å². The topological polar surface area (TPSA) is 12.0 Å². The van der Waals surface area contributed by atoms with Crippen molar-refractivity contribution in [2.24, 2.45) is 0 Å². The molecule has 0 saturated carbocycles. The smallest absolute Gasteiger partial charge is 0.0140 e. The van der Waals surface area contributed by atoms with Gasteiger partial charge in [-0.2, -0.15) is 0 Å². The number of halogens is 1. The van der Waals surface area contributed by atoms with Crippen molar-refractivity contribution in [1.82, 2.24) is 5.32 Å². The van der Waals surface area contributed by atoms with E-state index in [-0.39, 0.29) is 12.4 Å². The first-order chi connectivity index (χ1) is 6.83. The van der Waals surface area contributed by atoms with Crippen molar-refractivity contribution in [2.45, 2.75) is 26.3 Å². The molecule has 0 heterocycles. The molecule has 1 aromatic rings. The van der Waals surface area contributed by atoms with Gasteiger partial charge in [-0.25, -0.2) is 0 Å². The predicted octanol–water partition coefficient (Wildman–Crippen LogP) is 3.51. The van der Waals surface area contributed by atoms with Crippen LogP contribution < -0.4 is 5.32 Å². The minimum absolute atomic E-state index is 0. The molecule has 1 aromatic carbocycles. The van der Waals surface area contributed by atoms with E-state index in [1.807, 2.05) is 6.07 Å². The Morgan fingerprint density at radius 2 is 1.93 bits per heavy atom. The van der Waals surface area contributed by atoms with E-state index in [1.54, 1.807) is 0 Å². The van der Waals surface area contributed by atoms with Crippen LogP contribution in [0.3, 0.4) is 0 Å². The number of rotatable bonds is 5. The maximum absolute atomic E-state index is 3.42. The molecule has 1 nitrogen and oxygen atoms in total. The van der Waals surface area contributed by atoms with Crippen molar-refractivity contribution >= 4 is 18.5 Å². The van der Waals surface area contributed by atoms with Crippen molar-refractivity contribution in [3.05, 3.63) is 42.0 Å². The van der Waals surface area contributed by atoms with Crippen molar-refractivity contribution < 1.29 is 0 Å². The SMILES string of the molecule is CCC(C)NC/C=C/c1ccccc1.Cl. The van der Waals surface area contributed by atoms with Crippen molar-refractivity contribution in [1.29, 1.82) is 0 Å². The summed E-state index contributed by atoms with van der Waals surface area (Å²) in [6, 6.07) is 11.0. The molecule has 1 rings (SSSR count). The minimum Gasteiger partial charge on any atom is -0.311 e. The molecule has 1 N–H and O–H groups in total. The van der Waals surface area contributed by atoms with Gasteiger partial charge in [-0.1, -0.05) is 49.4 Å². The highest BCUT2D eigenvalue weighted by molar-refractivity contribution is 5.85. The number of nitrogens with one attached hydrogen (secondary N) is 1. The standard InChI is InChI=1S/C13H19N.ClH/c1-3-12(2)14-11-7-10-13-8-5-4-6-9-13;/h4-10,12,14H,3,11H2,1-2H3;1H/b10-7+;. The third-order valence-electron chi connectivity index (χ3n) is 2.31. The minimum atomic E-state index is 0. The van der Waals surface area contributed by atoms with Gasteiger partial charge in [-0.05, 0) is 18.9 Å². The Balaban J connectivity index is 0.00000196. The van der Waals surface area contributed by atoms with Crippen molar-refractivity contribution in [3.63, 3.8) is 0 Å². The molecule has 0 aromatic heterocycles. The first-order valence-electron chi connectivity index (χ1n) is 5.28. The lowest BCUT2D eigenvalue weighted by molar-refractivity contribution is 0.568. The monoisotopic (exact) mass is 225 g/mol. The lowest BCUT2D eigenvalue weighted by Crippen LogP contribution is -2.24. The molecule has 0 saturated heterocycles. The summed E-state index contributed by atoms with van der Waals surface area (Å²) in [4.78, 5) is 0. The van der Waals surface area contributed by atoms with Crippen LogP contribution in [-0.2, 0) is 0 Å². The average Bonchev–Trinajstić information content (AvgIpc) is 2.25. The fraction of sp³-hybridized carbons (Fsp3) is 0.385. The molecule has 0 aliphatic rings. The Kier molecular flexibility index (Phi) is 8.06. The van der Waals surface area contributed by atoms with Crippen LogP contribution in [0, 0.1) is 0 Å². The first-order valence-corrected chi connectivity index (χ1v) is 5.28. The molecule has 0 bridgehead atoms. The summed E-state index contributed by atoms with van der Waals surface area (Å²) in [7, 11) is 0. The second-order valence-electron chi connectivity index (χ2n) is 3.53. The Morgan fingerprint density at radius 3 is 2.53 bits per heavy atom. The number of hydrogen-bond acceptors (Lipinski definition) is 1. The highest BCUT2D eigenvalue weighted by atomic mass is 35.5. The van der Waals surface area contributed by atoms with Gasteiger partial charge in [0.05, 0.1) is 0 Å². The summed E-state index contributed by atoms with van der Waals surface area (Å²) < 4.78 is 0. The fourth-order valence-electron chi connectivity index (χ4n) is 1.17. The Morgan fingerprint density at radius 1 is 1.27 bits per heavy atom. The quantitative estimate of drug-likeness (QED) is 0.809. The van der Waals surface area contributed by atoms with Crippen LogP contribution in [0.25, 0.3) is 6.08 Å². The summed E-state index contributed by atoms with van der Waals surface area (Å²) in [5.74, 6) is 0. The maximum Gasteiger partial charge on any atom is 0.0140 e. The van der Waals surface area contributed by atoms with Crippen LogP contribution in [-0.4, -0.2) is 12.6 Å². The summed E-state index contributed by atoms with van der Waals surface area (Å²) in [5.41, 5.74) is 1.26. The zero-order valence-corrected chi connectivity index (χ0v) is 10.3. The van der Waals surface area contributed by atoms with Crippen LogP contribution in [0.15, 0.2) is 36.4 Å². The summed E-state index contributed by atoms with van der Waals surface area (Å²) in [5, 5.41) is 3.42. The lowest BCUT2D eigenvalue weighted by Gasteiger charge is -2.07. The van der Waals surface area contributed by atoms with Crippen LogP contribution in [0.5, 0.6) is 0 Å². The number of benzene rings is 1. The maximum atomic E-state index is 3.42. The van der Waals surface area contributed by atoms with Crippen LogP contribution in [0.4, 0.5) is 0 Å². The summed E-state index contributed by atoms with van der Waals surface area (Å²) in [6.45, 7) is 5.35. The van der Waals surface area contributed by atoms with Crippen molar-refractivity contribution in [3.8, 4) is 0 Å². The Labute approximate surface area is 99.0 Å². The second kappa shape index (κ2) is 8.51. The summed E-state index contributed by atoms with van der Waals surface area (Å²) >= 11 is 0. The molecule has 2 heteroatoms. The van der Waals surface area contributed by atoms with E-state index in [4.69, 9.17) is 0 Å².